The van der Waals surface area contributed by atoms with Gasteiger partial charge in [-0.1, -0.05) is 29.3 Å². The zero-order valence-electron chi connectivity index (χ0n) is 14.1. The lowest BCUT2D eigenvalue weighted by Crippen LogP contribution is -2.35. The first-order valence-electron chi connectivity index (χ1n) is 7.75. The number of benzene rings is 2. The Bertz CT molecular complexity index is 872. The summed E-state index contributed by atoms with van der Waals surface area (Å²) in [5.74, 6) is 0.360. The number of methoxy groups -OCH3 is 2. The summed E-state index contributed by atoms with van der Waals surface area (Å²) in [6.45, 7) is 0. The molecule has 1 aliphatic rings. The molecule has 26 heavy (non-hydrogen) atoms. The lowest BCUT2D eigenvalue weighted by molar-refractivity contribution is -0.121. The van der Waals surface area contributed by atoms with Crippen molar-refractivity contribution in [1.29, 1.82) is 0 Å². The van der Waals surface area contributed by atoms with Crippen molar-refractivity contribution in [3.8, 4) is 11.5 Å². The average Bonchev–Trinajstić information content (AvgIpc) is 2.91. The van der Waals surface area contributed by atoms with Crippen LogP contribution in [0.15, 0.2) is 36.4 Å². The highest BCUT2D eigenvalue weighted by atomic mass is 35.5. The molecular weight excluding hydrogens is 379 g/mol. The lowest BCUT2D eigenvalue weighted by Gasteiger charge is -2.18. The maximum Gasteiger partial charge on any atom is 0.256 e. The maximum absolute atomic E-state index is 12.8. The molecule has 2 aromatic carbocycles. The topological polar surface area (TPSA) is 67.9 Å². The van der Waals surface area contributed by atoms with E-state index >= 15 is 0 Å². The molecule has 0 radical (unpaired) electrons. The summed E-state index contributed by atoms with van der Waals surface area (Å²) in [5, 5.41) is 3.50. The van der Waals surface area contributed by atoms with E-state index < -0.39 is 11.9 Å². The molecule has 6 nitrogen and oxygen atoms in total. The van der Waals surface area contributed by atoms with Crippen molar-refractivity contribution in [3.05, 3.63) is 46.4 Å². The van der Waals surface area contributed by atoms with E-state index in [0.717, 1.165) is 4.90 Å². The fourth-order valence-corrected chi connectivity index (χ4v) is 3.15. The van der Waals surface area contributed by atoms with Gasteiger partial charge in [-0.15, -0.1) is 0 Å². The minimum Gasteiger partial charge on any atom is -0.497 e. The largest absolute Gasteiger partial charge is 0.497 e. The molecule has 2 amide bonds. The molecule has 1 fully saturated rings. The van der Waals surface area contributed by atoms with Gasteiger partial charge in [-0.25, -0.2) is 4.90 Å². The maximum atomic E-state index is 12.8. The van der Waals surface area contributed by atoms with E-state index in [1.807, 2.05) is 0 Å². The van der Waals surface area contributed by atoms with Gasteiger partial charge in [0, 0.05) is 6.07 Å². The number of halogens is 2. The number of nitrogens with zero attached hydrogens (tertiary/aromatic N) is 1. The fourth-order valence-electron chi connectivity index (χ4n) is 2.77. The van der Waals surface area contributed by atoms with Gasteiger partial charge in [-0.2, -0.15) is 0 Å². The highest BCUT2D eigenvalue weighted by Crippen LogP contribution is 2.36. The number of anilines is 2. The van der Waals surface area contributed by atoms with Crippen LogP contribution in [0.1, 0.15) is 6.42 Å². The van der Waals surface area contributed by atoms with Crippen LogP contribution in [-0.4, -0.2) is 32.1 Å². The van der Waals surface area contributed by atoms with Crippen LogP contribution in [0.2, 0.25) is 10.0 Å². The van der Waals surface area contributed by atoms with E-state index in [9.17, 15) is 9.59 Å². The van der Waals surface area contributed by atoms with E-state index in [-0.39, 0.29) is 28.1 Å². The number of rotatable bonds is 5. The third-order valence-corrected chi connectivity index (χ3v) is 4.87. The molecule has 1 unspecified atom stereocenters. The molecule has 1 aliphatic heterocycles. The fraction of sp³-hybridized carbons (Fsp3) is 0.222. The third-order valence-electron chi connectivity index (χ3n) is 4.06. The van der Waals surface area contributed by atoms with Crippen LogP contribution in [0.3, 0.4) is 0 Å². The van der Waals surface area contributed by atoms with Crippen LogP contribution in [-0.2, 0) is 9.59 Å². The van der Waals surface area contributed by atoms with E-state index in [1.54, 1.807) is 43.5 Å². The molecule has 1 saturated heterocycles. The second-order valence-electron chi connectivity index (χ2n) is 5.61. The molecule has 0 saturated carbocycles. The highest BCUT2D eigenvalue weighted by Gasteiger charge is 2.40. The molecule has 0 aromatic heterocycles. The van der Waals surface area contributed by atoms with Crippen molar-refractivity contribution in [1.82, 2.24) is 0 Å². The van der Waals surface area contributed by atoms with Gasteiger partial charge in [0.2, 0.25) is 5.91 Å². The monoisotopic (exact) mass is 394 g/mol. The molecular formula is C18H16Cl2N2O4. The Balaban J connectivity index is 1.87. The molecule has 0 spiro atoms. The van der Waals surface area contributed by atoms with E-state index in [1.165, 1.54) is 7.11 Å². The van der Waals surface area contributed by atoms with Crippen LogP contribution in [0.25, 0.3) is 0 Å². The van der Waals surface area contributed by atoms with Gasteiger partial charge in [-0.05, 0) is 24.3 Å². The average molecular weight is 395 g/mol. The van der Waals surface area contributed by atoms with Gasteiger partial charge in [0.15, 0.2) is 0 Å². The van der Waals surface area contributed by atoms with Crippen LogP contribution >= 0.6 is 23.2 Å². The molecule has 8 heteroatoms. The zero-order valence-corrected chi connectivity index (χ0v) is 15.6. The molecule has 1 N–H and O–H groups in total. The van der Waals surface area contributed by atoms with E-state index in [2.05, 4.69) is 5.32 Å². The Labute approximate surface area is 160 Å². The highest BCUT2D eigenvalue weighted by molar-refractivity contribution is 6.45. The van der Waals surface area contributed by atoms with Crippen LogP contribution < -0.4 is 19.7 Å². The van der Waals surface area contributed by atoms with Gasteiger partial charge in [0.05, 0.1) is 42.1 Å². The van der Waals surface area contributed by atoms with Gasteiger partial charge in [0.25, 0.3) is 5.91 Å². The summed E-state index contributed by atoms with van der Waals surface area (Å²) >= 11 is 12.2. The Hall–Kier alpha value is -2.44. The second-order valence-corrected chi connectivity index (χ2v) is 6.39. The predicted molar refractivity (Wildman–Crippen MR) is 101 cm³/mol. The predicted octanol–water partition coefficient (Wildman–Crippen LogP) is 3.75. The first-order chi connectivity index (χ1) is 12.5. The Morgan fingerprint density at radius 3 is 2.58 bits per heavy atom. The van der Waals surface area contributed by atoms with Crippen molar-refractivity contribution in [2.45, 2.75) is 12.5 Å². The van der Waals surface area contributed by atoms with Gasteiger partial charge >= 0.3 is 0 Å². The van der Waals surface area contributed by atoms with Crippen LogP contribution in [0.4, 0.5) is 11.4 Å². The standard InChI is InChI=1S/C18H16Cl2N2O4/c1-25-10-6-7-12(15(8-10)26-2)21-13-9-16(23)22(18(13)24)14-5-3-4-11(19)17(14)20/h3-8,13,21H,9H2,1-2H3. The molecule has 1 heterocycles. The SMILES string of the molecule is COc1ccc(NC2CC(=O)N(c3cccc(Cl)c3Cl)C2=O)c(OC)c1. The third kappa shape index (κ3) is 3.30. The molecule has 0 aliphatic carbocycles. The Kier molecular flexibility index (Phi) is 5.25. The summed E-state index contributed by atoms with van der Waals surface area (Å²) in [5.41, 5.74) is 0.860. The number of amides is 2. The number of hydrogen-bond donors (Lipinski definition) is 1. The number of carbonyl (C=O) groups excluding carboxylic acids is 2. The summed E-state index contributed by atoms with van der Waals surface area (Å²) in [7, 11) is 3.06. The van der Waals surface area contributed by atoms with Crippen molar-refractivity contribution in [2.75, 3.05) is 24.4 Å². The summed E-state index contributed by atoms with van der Waals surface area (Å²) in [4.78, 5) is 26.3. The smallest absolute Gasteiger partial charge is 0.256 e. The van der Waals surface area contributed by atoms with Gasteiger partial charge in [0.1, 0.15) is 17.5 Å². The number of imide groups is 1. The summed E-state index contributed by atoms with van der Waals surface area (Å²) in [6.07, 6.45) is -0.00312. The van der Waals surface area contributed by atoms with Crippen molar-refractivity contribution >= 4 is 46.4 Å². The molecule has 1 atom stereocenters. The minimum atomic E-state index is -0.736. The van der Waals surface area contributed by atoms with Gasteiger partial charge < -0.3 is 14.8 Å². The first-order valence-corrected chi connectivity index (χ1v) is 8.51. The zero-order chi connectivity index (χ0) is 18.8. The normalized spacial score (nSPS) is 16.8. The van der Waals surface area contributed by atoms with Crippen molar-refractivity contribution in [2.24, 2.45) is 0 Å². The Morgan fingerprint density at radius 1 is 1.12 bits per heavy atom. The number of nitrogens with one attached hydrogen (secondary N) is 1. The number of hydrogen-bond acceptors (Lipinski definition) is 5. The van der Waals surface area contributed by atoms with Gasteiger partial charge in [-0.3, -0.25) is 9.59 Å². The van der Waals surface area contributed by atoms with Crippen molar-refractivity contribution in [3.63, 3.8) is 0 Å². The van der Waals surface area contributed by atoms with Crippen LogP contribution in [0, 0.1) is 0 Å². The van der Waals surface area contributed by atoms with Crippen LogP contribution in [0.5, 0.6) is 11.5 Å². The summed E-state index contributed by atoms with van der Waals surface area (Å²) < 4.78 is 10.5. The molecule has 3 rings (SSSR count). The van der Waals surface area contributed by atoms with E-state index in [0.29, 0.717) is 17.2 Å². The Morgan fingerprint density at radius 2 is 1.88 bits per heavy atom. The number of carbonyl (C=O) groups is 2. The van der Waals surface area contributed by atoms with E-state index in [4.69, 9.17) is 32.7 Å². The number of ether oxygens (including phenoxy) is 2. The minimum absolute atomic E-state index is 0.00312. The summed E-state index contributed by atoms with van der Waals surface area (Å²) in [6, 6.07) is 9.23. The lowest BCUT2D eigenvalue weighted by atomic mass is 10.2. The van der Waals surface area contributed by atoms with Crippen molar-refractivity contribution < 1.29 is 19.1 Å². The first kappa shape index (κ1) is 18.4. The molecule has 0 bridgehead atoms. The quantitative estimate of drug-likeness (QED) is 0.781. The second kappa shape index (κ2) is 7.43. The molecule has 2 aromatic rings. The molecule has 136 valence electrons.